The van der Waals surface area contributed by atoms with Gasteiger partial charge in [0.2, 0.25) is 5.95 Å². The van der Waals surface area contributed by atoms with Crippen LogP contribution in [0.15, 0.2) is 29.6 Å². The Balaban J connectivity index is 1.60. The molecule has 0 radical (unpaired) electrons. The van der Waals surface area contributed by atoms with Crippen molar-refractivity contribution in [1.82, 2.24) is 38.6 Å². The quantitative estimate of drug-likeness (QED) is 0.524. The van der Waals surface area contributed by atoms with E-state index in [9.17, 15) is 18.0 Å². The molecule has 0 unspecified atom stereocenters. The number of rotatable bonds is 3. The van der Waals surface area contributed by atoms with E-state index in [-0.39, 0.29) is 23.7 Å². The molecule has 1 atom stereocenters. The summed E-state index contributed by atoms with van der Waals surface area (Å²) in [5, 5.41) is 6.67. The van der Waals surface area contributed by atoms with Crippen LogP contribution in [-0.2, 0) is 7.05 Å². The number of likely N-dealkylation sites (tertiary alicyclic amines) is 1. The van der Waals surface area contributed by atoms with Crippen LogP contribution in [0.1, 0.15) is 12.5 Å². The highest BCUT2D eigenvalue weighted by Gasteiger charge is 2.46. The molecule has 10 nitrogen and oxygen atoms in total. The van der Waals surface area contributed by atoms with Gasteiger partial charge in [-0.1, -0.05) is 0 Å². The first-order valence-electron chi connectivity index (χ1n) is 9.51. The van der Waals surface area contributed by atoms with Gasteiger partial charge in [-0.25, -0.2) is 32.4 Å². The van der Waals surface area contributed by atoms with Gasteiger partial charge in [-0.15, -0.1) is 0 Å². The number of anilines is 2. The molecule has 0 saturated carbocycles. The number of hydrogen-bond donors (Lipinski definition) is 1. The minimum absolute atomic E-state index is 0.0202. The van der Waals surface area contributed by atoms with Crippen molar-refractivity contribution in [2.75, 3.05) is 25.5 Å². The molecule has 1 aliphatic heterocycles. The number of piperidine rings is 1. The minimum atomic E-state index is -3.12. The Morgan fingerprint density at radius 3 is 2.84 bits per heavy atom. The first-order valence-corrected chi connectivity index (χ1v) is 9.51. The second-order valence-electron chi connectivity index (χ2n) is 7.64. The normalized spacial score (nSPS) is 19.3. The standard InChI is InChI=1S/C18H18F3N9O/c1-27-4-3-13(18(20,21)8-27)30-15-12(28(2)17(30)31)6-22-16(26-15)25-11-7-29-14(5-10(11)19)23-9-24-29/h5-7,9,13H,3-4,8H2,1-2H3,(H,22,25,26)/t13-/m1/s1. The number of nitrogens with one attached hydrogen (secondary N) is 1. The number of imidazole rings is 1. The van der Waals surface area contributed by atoms with Crippen LogP contribution in [0.5, 0.6) is 0 Å². The van der Waals surface area contributed by atoms with E-state index in [1.165, 1.54) is 45.8 Å². The zero-order valence-corrected chi connectivity index (χ0v) is 16.6. The molecular formula is C18H18F3N9O. The Morgan fingerprint density at radius 2 is 2.06 bits per heavy atom. The monoisotopic (exact) mass is 433 g/mol. The van der Waals surface area contributed by atoms with Gasteiger partial charge in [0.05, 0.1) is 24.6 Å². The van der Waals surface area contributed by atoms with Crippen molar-refractivity contribution in [2.24, 2.45) is 7.05 Å². The fourth-order valence-corrected chi connectivity index (χ4v) is 3.94. The average molecular weight is 433 g/mol. The average Bonchev–Trinajstić information content (AvgIpc) is 3.24. The summed E-state index contributed by atoms with van der Waals surface area (Å²) < 4.78 is 47.6. The predicted octanol–water partition coefficient (Wildman–Crippen LogP) is 1.57. The van der Waals surface area contributed by atoms with Crippen LogP contribution < -0.4 is 11.0 Å². The lowest BCUT2D eigenvalue weighted by atomic mass is 10.0. The van der Waals surface area contributed by atoms with Crippen molar-refractivity contribution in [2.45, 2.75) is 18.4 Å². The van der Waals surface area contributed by atoms with E-state index in [1.54, 1.807) is 7.05 Å². The van der Waals surface area contributed by atoms with Crippen LogP contribution in [0.2, 0.25) is 0 Å². The van der Waals surface area contributed by atoms with Crippen molar-refractivity contribution >= 4 is 28.4 Å². The number of aryl methyl sites for hydroxylation is 1. The summed E-state index contributed by atoms with van der Waals surface area (Å²) in [6, 6.07) is -0.156. The summed E-state index contributed by atoms with van der Waals surface area (Å²) in [6.45, 7) is -0.0395. The van der Waals surface area contributed by atoms with E-state index in [2.05, 4.69) is 25.4 Å². The summed E-state index contributed by atoms with van der Waals surface area (Å²) in [5.74, 6) is -3.77. The molecule has 162 valence electrons. The van der Waals surface area contributed by atoms with E-state index >= 15 is 0 Å². The third-order valence-corrected chi connectivity index (χ3v) is 5.51. The van der Waals surface area contributed by atoms with Crippen molar-refractivity contribution in [3.8, 4) is 0 Å². The smallest absolute Gasteiger partial charge is 0.320 e. The maximum absolute atomic E-state index is 14.8. The number of halogens is 3. The van der Waals surface area contributed by atoms with Gasteiger partial charge < -0.3 is 10.2 Å². The van der Waals surface area contributed by atoms with Crippen LogP contribution in [0.25, 0.3) is 16.8 Å². The van der Waals surface area contributed by atoms with Gasteiger partial charge in [-0.2, -0.15) is 10.1 Å². The third kappa shape index (κ3) is 3.12. The molecule has 5 rings (SSSR count). The molecule has 1 aliphatic rings. The highest BCUT2D eigenvalue weighted by Crippen LogP contribution is 2.37. The van der Waals surface area contributed by atoms with Crippen molar-refractivity contribution in [3.63, 3.8) is 0 Å². The van der Waals surface area contributed by atoms with Crippen LogP contribution >= 0.6 is 0 Å². The second kappa shape index (κ2) is 6.77. The molecule has 0 amide bonds. The highest BCUT2D eigenvalue weighted by molar-refractivity contribution is 5.73. The zero-order valence-electron chi connectivity index (χ0n) is 16.6. The second-order valence-corrected chi connectivity index (χ2v) is 7.64. The molecule has 1 fully saturated rings. The van der Waals surface area contributed by atoms with E-state index in [0.29, 0.717) is 17.7 Å². The molecule has 4 aromatic rings. The number of nitrogens with zero attached hydrogens (tertiary/aromatic N) is 8. The fourth-order valence-electron chi connectivity index (χ4n) is 3.94. The lowest BCUT2D eigenvalue weighted by molar-refractivity contribution is -0.0979. The molecule has 0 aromatic carbocycles. The summed E-state index contributed by atoms with van der Waals surface area (Å²) in [5.41, 5.74) is 0.0949. The van der Waals surface area contributed by atoms with Crippen LogP contribution in [-0.4, -0.2) is 64.7 Å². The molecule has 4 aromatic heterocycles. The maximum atomic E-state index is 14.8. The number of fused-ring (bicyclic) bond motifs is 2. The lowest BCUT2D eigenvalue weighted by Crippen LogP contribution is -2.49. The molecule has 1 saturated heterocycles. The van der Waals surface area contributed by atoms with Gasteiger partial charge in [-0.05, 0) is 13.5 Å². The fraction of sp³-hybridized carbons (Fsp3) is 0.389. The van der Waals surface area contributed by atoms with Gasteiger partial charge in [0.15, 0.2) is 17.1 Å². The summed E-state index contributed by atoms with van der Waals surface area (Å²) in [6.07, 6.45) is 4.09. The summed E-state index contributed by atoms with van der Waals surface area (Å²) >= 11 is 0. The van der Waals surface area contributed by atoms with Gasteiger partial charge in [0.25, 0.3) is 5.92 Å². The van der Waals surface area contributed by atoms with Crippen LogP contribution in [0.3, 0.4) is 0 Å². The molecule has 5 heterocycles. The summed E-state index contributed by atoms with van der Waals surface area (Å²) in [4.78, 5) is 26.6. The van der Waals surface area contributed by atoms with Gasteiger partial charge >= 0.3 is 5.69 Å². The highest BCUT2D eigenvalue weighted by atomic mass is 19.3. The van der Waals surface area contributed by atoms with Crippen LogP contribution in [0.4, 0.5) is 24.8 Å². The first-order chi connectivity index (χ1) is 14.7. The number of hydrogen-bond acceptors (Lipinski definition) is 7. The number of alkyl halides is 2. The lowest BCUT2D eigenvalue weighted by Gasteiger charge is -2.36. The predicted molar refractivity (Wildman–Crippen MR) is 105 cm³/mol. The van der Waals surface area contributed by atoms with Crippen molar-refractivity contribution < 1.29 is 13.2 Å². The van der Waals surface area contributed by atoms with Gasteiger partial charge in [0, 0.05) is 19.7 Å². The Bertz CT molecular complexity index is 1360. The molecular weight excluding hydrogens is 415 g/mol. The summed E-state index contributed by atoms with van der Waals surface area (Å²) in [7, 11) is 3.09. The topological polar surface area (TPSA) is 98.2 Å². The Kier molecular flexibility index (Phi) is 4.25. The zero-order chi connectivity index (χ0) is 21.9. The molecule has 13 heteroatoms. The van der Waals surface area contributed by atoms with Crippen LogP contribution in [0, 0.1) is 5.82 Å². The Hall–Kier alpha value is -3.48. The van der Waals surface area contributed by atoms with E-state index in [0.717, 1.165) is 4.57 Å². The van der Waals surface area contributed by atoms with Gasteiger partial charge in [0.1, 0.15) is 17.9 Å². The molecule has 31 heavy (non-hydrogen) atoms. The number of aromatic nitrogens is 7. The number of pyridine rings is 1. The minimum Gasteiger partial charge on any atom is -0.320 e. The van der Waals surface area contributed by atoms with Gasteiger partial charge in [-0.3, -0.25) is 9.13 Å². The third-order valence-electron chi connectivity index (χ3n) is 5.51. The molecule has 1 N–H and O–H groups in total. The Labute approximate surface area is 173 Å². The van der Waals surface area contributed by atoms with Crippen molar-refractivity contribution in [1.29, 1.82) is 0 Å². The Morgan fingerprint density at radius 1 is 1.26 bits per heavy atom. The van der Waals surface area contributed by atoms with E-state index in [4.69, 9.17) is 0 Å². The van der Waals surface area contributed by atoms with Crippen molar-refractivity contribution in [3.05, 3.63) is 41.1 Å². The molecule has 0 bridgehead atoms. The first kappa shape index (κ1) is 19.5. The van der Waals surface area contributed by atoms with E-state index < -0.39 is 30.0 Å². The van der Waals surface area contributed by atoms with E-state index in [1.807, 2.05) is 0 Å². The SMILES string of the molecule is CN1CC[C@@H](n2c(=O)n(C)c3cnc(Nc4cn5ncnc5cc4F)nc32)C(F)(F)C1. The molecule has 0 aliphatic carbocycles. The largest absolute Gasteiger partial charge is 0.330 e. The maximum Gasteiger partial charge on any atom is 0.330 e. The molecule has 0 spiro atoms.